The molecule has 0 saturated carbocycles. The van der Waals surface area contributed by atoms with Crippen LogP contribution in [0.1, 0.15) is 53.7 Å². The fourth-order valence-corrected chi connectivity index (χ4v) is 4.44. The first-order valence-electron chi connectivity index (χ1n) is 12.3. The number of hydrogen-bond donors (Lipinski definition) is 5. The van der Waals surface area contributed by atoms with Crippen molar-refractivity contribution in [1.82, 2.24) is 15.6 Å². The van der Waals surface area contributed by atoms with Gasteiger partial charge in [0.1, 0.15) is 11.9 Å². The summed E-state index contributed by atoms with van der Waals surface area (Å²) in [5.41, 5.74) is 3.19. The Labute approximate surface area is 209 Å². The Bertz CT molecular complexity index is 1150. The molecule has 36 heavy (non-hydrogen) atoms. The summed E-state index contributed by atoms with van der Waals surface area (Å²) in [6.07, 6.45) is 4.79. The number of benzene rings is 1. The average Bonchev–Trinajstić information content (AvgIpc) is 3.22. The van der Waals surface area contributed by atoms with E-state index in [9.17, 15) is 24.3 Å². The summed E-state index contributed by atoms with van der Waals surface area (Å²) in [6, 6.07) is 8.51. The molecule has 0 saturated heterocycles. The van der Waals surface area contributed by atoms with Crippen molar-refractivity contribution in [3.8, 4) is 0 Å². The van der Waals surface area contributed by atoms with Gasteiger partial charge in [0.05, 0.1) is 0 Å². The molecule has 10 nitrogen and oxygen atoms in total. The van der Waals surface area contributed by atoms with Crippen molar-refractivity contribution in [3.63, 3.8) is 0 Å². The van der Waals surface area contributed by atoms with E-state index in [0.717, 1.165) is 43.7 Å². The quantitative estimate of drug-likeness (QED) is 0.235. The number of nitrogens with one attached hydrogen (secondary N) is 4. The Morgan fingerprint density at radius 1 is 1.14 bits per heavy atom. The number of aliphatic carboxylic acids is 1. The number of rotatable bonds is 11. The van der Waals surface area contributed by atoms with E-state index in [4.69, 9.17) is 0 Å². The predicted octanol–water partition coefficient (Wildman–Crippen LogP) is 1.91. The number of aromatic nitrogens is 1. The lowest BCUT2D eigenvalue weighted by Crippen LogP contribution is -2.50. The van der Waals surface area contributed by atoms with E-state index in [-0.39, 0.29) is 18.9 Å². The number of ketones is 1. The number of aryl methyl sites for hydroxylation is 2. The number of amides is 2. The van der Waals surface area contributed by atoms with Gasteiger partial charge in [-0.1, -0.05) is 18.2 Å². The molecule has 3 heterocycles. The van der Waals surface area contributed by atoms with Crippen LogP contribution < -0.4 is 21.3 Å². The molecule has 0 fully saturated rings. The first-order valence-corrected chi connectivity index (χ1v) is 12.3. The lowest BCUT2D eigenvalue weighted by atomic mass is 10.1. The molecule has 2 amide bonds. The molecule has 1 aromatic heterocycles. The van der Waals surface area contributed by atoms with Crippen LogP contribution in [0.2, 0.25) is 0 Å². The van der Waals surface area contributed by atoms with Gasteiger partial charge in [0.25, 0.3) is 5.91 Å². The van der Waals surface area contributed by atoms with Crippen LogP contribution in [0.3, 0.4) is 0 Å². The first kappa shape index (κ1) is 25.2. The normalized spacial score (nSPS) is 16.7. The number of fused-ring (bicyclic) bond motifs is 2. The molecule has 190 valence electrons. The monoisotopic (exact) mass is 493 g/mol. The van der Waals surface area contributed by atoms with E-state index in [1.165, 1.54) is 5.56 Å². The zero-order valence-electron chi connectivity index (χ0n) is 20.0. The van der Waals surface area contributed by atoms with Gasteiger partial charge in [0.2, 0.25) is 5.91 Å². The predicted molar refractivity (Wildman–Crippen MR) is 134 cm³/mol. The third kappa shape index (κ3) is 6.18. The van der Waals surface area contributed by atoms with Crippen molar-refractivity contribution in [2.75, 3.05) is 23.7 Å². The highest BCUT2D eigenvalue weighted by molar-refractivity contribution is 6.21. The number of Topliss-reactive ketones (excluding diaryl/α,β-unsaturated/α-hetero) is 1. The summed E-state index contributed by atoms with van der Waals surface area (Å²) in [7, 11) is 0. The van der Waals surface area contributed by atoms with Crippen LogP contribution in [-0.4, -0.2) is 58.8 Å². The Balaban J connectivity index is 1.15. The molecule has 0 bridgehead atoms. The molecule has 2 aromatic rings. The number of para-hydroxylation sites is 1. The second-order valence-corrected chi connectivity index (χ2v) is 9.07. The van der Waals surface area contributed by atoms with E-state index in [0.29, 0.717) is 24.1 Å². The lowest BCUT2D eigenvalue weighted by molar-refractivity contribution is -0.142. The van der Waals surface area contributed by atoms with Crippen molar-refractivity contribution in [3.05, 3.63) is 53.2 Å². The molecule has 5 N–H and O–H groups in total. The molecule has 1 aromatic carbocycles. The summed E-state index contributed by atoms with van der Waals surface area (Å²) >= 11 is 0. The minimum absolute atomic E-state index is 0.00666. The van der Waals surface area contributed by atoms with E-state index in [1.54, 1.807) is 24.3 Å². The molecule has 0 spiro atoms. The average molecular weight is 494 g/mol. The van der Waals surface area contributed by atoms with Crippen LogP contribution in [0.4, 0.5) is 11.5 Å². The molecule has 2 aliphatic heterocycles. The zero-order chi connectivity index (χ0) is 25.5. The van der Waals surface area contributed by atoms with Gasteiger partial charge in [-0.05, 0) is 62.3 Å². The SMILES string of the molecule is O=C(CCCCc1ccc2c(n1)NCCC2)NCCC(NC(=O)C1Nc2ccccc2C1=O)C(=O)O. The maximum Gasteiger partial charge on any atom is 0.326 e. The van der Waals surface area contributed by atoms with E-state index in [2.05, 4.69) is 32.3 Å². The molecule has 4 rings (SSSR count). The maximum absolute atomic E-state index is 12.6. The van der Waals surface area contributed by atoms with Gasteiger partial charge in [-0.3, -0.25) is 14.4 Å². The van der Waals surface area contributed by atoms with Crippen LogP contribution in [0.5, 0.6) is 0 Å². The fraction of sp³-hybridized carbons (Fsp3) is 0.423. The largest absolute Gasteiger partial charge is 0.480 e. The van der Waals surface area contributed by atoms with Crippen LogP contribution in [-0.2, 0) is 27.2 Å². The van der Waals surface area contributed by atoms with E-state index in [1.807, 2.05) is 6.07 Å². The third-order valence-corrected chi connectivity index (χ3v) is 6.43. The number of nitrogens with zero attached hydrogens (tertiary/aromatic N) is 1. The standard InChI is InChI=1S/C26H31N5O5/c32-21(10-4-1-7-17-12-11-16-6-5-14-28-24(16)29-17)27-15-13-20(26(35)36)31-25(34)22-23(33)18-8-2-3-9-19(18)30-22/h2-3,8-9,11-12,20,22,30H,1,4-7,10,13-15H2,(H,27,32)(H,28,29)(H,31,34)(H,35,36). The van der Waals surface area contributed by atoms with E-state index < -0.39 is 29.7 Å². The Morgan fingerprint density at radius 3 is 2.78 bits per heavy atom. The second-order valence-electron chi connectivity index (χ2n) is 9.07. The molecular weight excluding hydrogens is 462 g/mol. The number of carbonyl (C=O) groups is 4. The molecule has 2 atom stereocenters. The fourth-order valence-electron chi connectivity index (χ4n) is 4.44. The summed E-state index contributed by atoms with van der Waals surface area (Å²) in [4.78, 5) is 53.4. The number of carboxylic acid groups (broad SMARTS) is 1. The van der Waals surface area contributed by atoms with E-state index >= 15 is 0 Å². The van der Waals surface area contributed by atoms with Gasteiger partial charge in [0, 0.05) is 36.5 Å². The second kappa shape index (κ2) is 11.7. The van der Waals surface area contributed by atoms with Crippen molar-refractivity contribution < 1.29 is 24.3 Å². The van der Waals surface area contributed by atoms with Gasteiger partial charge >= 0.3 is 5.97 Å². The maximum atomic E-state index is 12.6. The van der Waals surface area contributed by atoms with Gasteiger partial charge in [-0.2, -0.15) is 0 Å². The van der Waals surface area contributed by atoms with Crippen molar-refractivity contribution >= 4 is 35.1 Å². The molecule has 10 heteroatoms. The lowest BCUT2D eigenvalue weighted by Gasteiger charge is -2.17. The van der Waals surface area contributed by atoms with Crippen LogP contribution in [0.15, 0.2) is 36.4 Å². The Hall–Kier alpha value is -3.95. The molecule has 2 aliphatic rings. The van der Waals surface area contributed by atoms with Crippen LogP contribution >= 0.6 is 0 Å². The zero-order valence-corrected chi connectivity index (χ0v) is 20.0. The van der Waals surface area contributed by atoms with Crippen LogP contribution in [0, 0.1) is 0 Å². The minimum Gasteiger partial charge on any atom is -0.480 e. The molecule has 0 radical (unpaired) electrons. The summed E-state index contributed by atoms with van der Waals surface area (Å²) in [5.74, 6) is -1.54. The molecule has 0 aliphatic carbocycles. The highest BCUT2D eigenvalue weighted by atomic mass is 16.4. The number of anilines is 2. The van der Waals surface area contributed by atoms with Gasteiger partial charge in [-0.25, -0.2) is 9.78 Å². The van der Waals surface area contributed by atoms with Crippen molar-refractivity contribution in [2.24, 2.45) is 0 Å². The number of carboxylic acids is 1. The van der Waals surface area contributed by atoms with Crippen molar-refractivity contribution in [2.45, 2.75) is 57.0 Å². The number of hydrogen-bond acceptors (Lipinski definition) is 7. The van der Waals surface area contributed by atoms with Gasteiger partial charge in [0.15, 0.2) is 11.8 Å². The number of unbranched alkanes of at least 4 members (excludes halogenated alkanes) is 1. The minimum atomic E-state index is -1.23. The Kier molecular flexibility index (Phi) is 8.14. The third-order valence-electron chi connectivity index (χ3n) is 6.43. The number of pyridine rings is 1. The topological polar surface area (TPSA) is 150 Å². The Morgan fingerprint density at radius 2 is 1.97 bits per heavy atom. The summed E-state index contributed by atoms with van der Waals surface area (Å²) in [5, 5.41) is 20.7. The smallest absolute Gasteiger partial charge is 0.326 e. The highest BCUT2D eigenvalue weighted by Gasteiger charge is 2.36. The first-order chi connectivity index (χ1) is 17.4. The van der Waals surface area contributed by atoms with Crippen molar-refractivity contribution in [1.29, 1.82) is 0 Å². The highest BCUT2D eigenvalue weighted by Crippen LogP contribution is 2.25. The molecule has 2 unspecified atom stereocenters. The van der Waals surface area contributed by atoms with Crippen LogP contribution in [0.25, 0.3) is 0 Å². The number of carbonyl (C=O) groups excluding carboxylic acids is 3. The van der Waals surface area contributed by atoms with Gasteiger partial charge < -0.3 is 26.4 Å². The summed E-state index contributed by atoms with van der Waals surface area (Å²) in [6.45, 7) is 1.04. The molecular formula is C26H31N5O5. The summed E-state index contributed by atoms with van der Waals surface area (Å²) < 4.78 is 0. The van der Waals surface area contributed by atoms with Gasteiger partial charge in [-0.15, -0.1) is 0 Å².